The minimum Gasteiger partial charge on any atom is -0.324 e. The number of nitrogens with one attached hydrogen (secondary N) is 1. The van der Waals surface area contributed by atoms with Crippen LogP contribution in [0.4, 0.5) is 18.9 Å². The predicted octanol–water partition coefficient (Wildman–Crippen LogP) is 4.24. The largest absolute Gasteiger partial charge is 0.418 e. The van der Waals surface area contributed by atoms with Crippen LogP contribution in [0.3, 0.4) is 0 Å². The van der Waals surface area contributed by atoms with Crippen molar-refractivity contribution in [1.82, 2.24) is 9.55 Å². The number of hydrogen-bond acceptors (Lipinski definition) is 4. The summed E-state index contributed by atoms with van der Waals surface area (Å²) in [6.45, 7) is 3.39. The molecule has 3 rings (SSSR count). The van der Waals surface area contributed by atoms with Crippen LogP contribution in [-0.2, 0) is 17.4 Å². The lowest BCUT2D eigenvalue weighted by Gasteiger charge is -2.17. The number of benzene rings is 1. The molecule has 142 valence electrons. The van der Waals surface area contributed by atoms with Crippen LogP contribution in [0, 0.1) is 0 Å². The first-order valence-corrected chi connectivity index (χ1v) is 9.00. The third-order valence-corrected chi connectivity index (χ3v) is 5.35. The number of carbonyl (C=O) groups is 1. The average Bonchev–Trinajstić information content (AvgIpc) is 3.05. The number of aromatic nitrogens is 2. The molecule has 0 saturated heterocycles. The third-order valence-electron chi connectivity index (χ3n) is 4.16. The molecular formula is C18H16F3N3O2S. The van der Waals surface area contributed by atoms with E-state index in [4.69, 9.17) is 0 Å². The Labute approximate surface area is 156 Å². The molecule has 1 atom stereocenters. The molecule has 3 aromatic rings. The SMILES string of the molecule is CCc1cc2c(=O)n(C(C)C(=O)Nc3ccccc3C(F)(F)F)cnc2s1. The predicted molar refractivity (Wildman–Crippen MR) is 98.0 cm³/mol. The van der Waals surface area contributed by atoms with Gasteiger partial charge in [0, 0.05) is 4.88 Å². The number of alkyl halides is 3. The molecule has 0 fully saturated rings. The summed E-state index contributed by atoms with van der Waals surface area (Å²) in [6, 6.07) is 5.40. The molecule has 1 N–H and O–H groups in total. The van der Waals surface area contributed by atoms with E-state index >= 15 is 0 Å². The first kappa shape index (κ1) is 19.1. The van der Waals surface area contributed by atoms with E-state index in [1.165, 1.54) is 42.8 Å². The monoisotopic (exact) mass is 395 g/mol. The number of nitrogens with zero attached hydrogens (tertiary/aromatic N) is 2. The third kappa shape index (κ3) is 3.73. The highest BCUT2D eigenvalue weighted by Crippen LogP contribution is 2.34. The molecule has 0 aliphatic carbocycles. The molecule has 27 heavy (non-hydrogen) atoms. The lowest BCUT2D eigenvalue weighted by molar-refractivity contribution is -0.137. The Balaban J connectivity index is 1.92. The molecule has 2 heterocycles. The van der Waals surface area contributed by atoms with Crippen molar-refractivity contribution >= 4 is 33.1 Å². The highest BCUT2D eigenvalue weighted by Gasteiger charge is 2.34. The number of thiophene rings is 1. The van der Waals surface area contributed by atoms with E-state index in [-0.39, 0.29) is 5.69 Å². The van der Waals surface area contributed by atoms with Gasteiger partial charge in [-0.05, 0) is 31.5 Å². The number of para-hydroxylation sites is 1. The molecule has 5 nitrogen and oxygen atoms in total. The zero-order chi connectivity index (χ0) is 19.8. The van der Waals surface area contributed by atoms with Gasteiger partial charge in [0.1, 0.15) is 10.9 Å². The van der Waals surface area contributed by atoms with Crippen molar-refractivity contribution in [3.05, 3.63) is 57.5 Å². The molecule has 1 aromatic carbocycles. The van der Waals surface area contributed by atoms with E-state index in [1.54, 1.807) is 6.07 Å². The van der Waals surface area contributed by atoms with Gasteiger partial charge in [-0.1, -0.05) is 19.1 Å². The fourth-order valence-corrected chi connectivity index (χ4v) is 3.57. The normalized spacial score (nSPS) is 12.9. The van der Waals surface area contributed by atoms with E-state index in [9.17, 15) is 22.8 Å². The highest BCUT2D eigenvalue weighted by atomic mass is 32.1. The minimum absolute atomic E-state index is 0.354. The van der Waals surface area contributed by atoms with Crippen molar-refractivity contribution in [3.8, 4) is 0 Å². The van der Waals surface area contributed by atoms with Crippen LogP contribution in [0.2, 0.25) is 0 Å². The molecule has 0 aliphatic heterocycles. The average molecular weight is 395 g/mol. The molecule has 1 unspecified atom stereocenters. The summed E-state index contributed by atoms with van der Waals surface area (Å²) in [5.41, 5.74) is -1.70. The van der Waals surface area contributed by atoms with Gasteiger partial charge in [-0.2, -0.15) is 13.2 Å². The fraction of sp³-hybridized carbons (Fsp3) is 0.278. The van der Waals surface area contributed by atoms with E-state index in [0.717, 1.165) is 21.9 Å². The first-order chi connectivity index (χ1) is 12.7. The maximum Gasteiger partial charge on any atom is 0.418 e. The summed E-state index contributed by atoms with van der Waals surface area (Å²) in [5, 5.41) is 2.66. The summed E-state index contributed by atoms with van der Waals surface area (Å²) in [5.74, 6) is -0.735. The Hall–Kier alpha value is -2.68. The van der Waals surface area contributed by atoms with Crippen molar-refractivity contribution in [2.24, 2.45) is 0 Å². The topological polar surface area (TPSA) is 64.0 Å². The van der Waals surface area contributed by atoms with E-state index < -0.39 is 29.2 Å². The smallest absolute Gasteiger partial charge is 0.324 e. The number of carbonyl (C=O) groups excluding carboxylic acids is 1. The quantitative estimate of drug-likeness (QED) is 0.719. The standard InChI is InChI=1S/C18H16F3N3O2S/c1-3-11-8-12-16(27-11)22-9-24(17(12)26)10(2)15(25)23-14-7-5-4-6-13(14)18(19,20)21/h4-10H,3H2,1-2H3,(H,23,25). The second-order valence-electron chi connectivity index (χ2n) is 5.95. The summed E-state index contributed by atoms with van der Waals surface area (Å²) >= 11 is 1.40. The van der Waals surface area contributed by atoms with Gasteiger partial charge in [-0.3, -0.25) is 14.2 Å². The number of halogens is 3. The van der Waals surface area contributed by atoms with Gasteiger partial charge >= 0.3 is 6.18 Å². The zero-order valence-electron chi connectivity index (χ0n) is 14.5. The summed E-state index contributed by atoms with van der Waals surface area (Å²) in [4.78, 5) is 30.9. The Morgan fingerprint density at radius 3 is 2.70 bits per heavy atom. The van der Waals surface area contributed by atoms with Crippen LogP contribution in [0.25, 0.3) is 10.2 Å². The number of anilines is 1. The number of amides is 1. The van der Waals surface area contributed by atoms with Gasteiger partial charge in [0.15, 0.2) is 0 Å². The Kier molecular flexibility index (Phi) is 5.05. The molecule has 0 radical (unpaired) electrons. The molecular weight excluding hydrogens is 379 g/mol. The van der Waals surface area contributed by atoms with Crippen LogP contribution in [-0.4, -0.2) is 15.5 Å². The number of fused-ring (bicyclic) bond motifs is 1. The Morgan fingerprint density at radius 2 is 2.04 bits per heavy atom. The number of rotatable bonds is 4. The Bertz CT molecular complexity index is 1060. The fourth-order valence-electron chi connectivity index (χ4n) is 2.64. The van der Waals surface area contributed by atoms with Crippen LogP contribution < -0.4 is 10.9 Å². The van der Waals surface area contributed by atoms with Crippen LogP contribution in [0.1, 0.15) is 30.3 Å². The Morgan fingerprint density at radius 1 is 1.33 bits per heavy atom. The minimum atomic E-state index is -4.60. The maximum absolute atomic E-state index is 13.1. The van der Waals surface area contributed by atoms with Gasteiger partial charge < -0.3 is 5.32 Å². The van der Waals surface area contributed by atoms with E-state index in [0.29, 0.717) is 10.2 Å². The summed E-state index contributed by atoms with van der Waals surface area (Å²) in [7, 11) is 0. The van der Waals surface area contributed by atoms with Crippen molar-refractivity contribution in [2.45, 2.75) is 32.5 Å². The van der Waals surface area contributed by atoms with Crippen molar-refractivity contribution in [1.29, 1.82) is 0 Å². The van der Waals surface area contributed by atoms with Gasteiger partial charge in [0.2, 0.25) is 5.91 Å². The van der Waals surface area contributed by atoms with Gasteiger partial charge in [0.25, 0.3) is 5.56 Å². The van der Waals surface area contributed by atoms with Gasteiger partial charge in [-0.25, -0.2) is 4.98 Å². The first-order valence-electron chi connectivity index (χ1n) is 8.19. The molecule has 1 amide bonds. The van der Waals surface area contributed by atoms with Crippen molar-refractivity contribution < 1.29 is 18.0 Å². The van der Waals surface area contributed by atoms with Crippen molar-refractivity contribution in [2.75, 3.05) is 5.32 Å². The number of aryl methyl sites for hydroxylation is 1. The van der Waals surface area contributed by atoms with Crippen molar-refractivity contribution in [3.63, 3.8) is 0 Å². The molecule has 2 aromatic heterocycles. The van der Waals surface area contributed by atoms with Gasteiger partial charge in [0.05, 0.1) is 23.0 Å². The van der Waals surface area contributed by atoms with E-state index in [2.05, 4.69) is 10.3 Å². The maximum atomic E-state index is 13.1. The van der Waals surface area contributed by atoms with E-state index in [1.807, 2.05) is 6.92 Å². The molecule has 9 heteroatoms. The number of hydrogen-bond donors (Lipinski definition) is 1. The molecule has 0 bridgehead atoms. The second-order valence-corrected chi connectivity index (χ2v) is 7.07. The van der Waals surface area contributed by atoms with Gasteiger partial charge in [-0.15, -0.1) is 11.3 Å². The summed E-state index contributed by atoms with van der Waals surface area (Å²) in [6.07, 6.45) is -2.59. The summed E-state index contributed by atoms with van der Waals surface area (Å²) < 4.78 is 40.4. The molecule has 0 spiro atoms. The lowest BCUT2D eigenvalue weighted by atomic mass is 10.1. The highest BCUT2D eigenvalue weighted by molar-refractivity contribution is 7.18. The molecule has 0 saturated carbocycles. The van der Waals surface area contributed by atoms with Crippen LogP contribution in [0.15, 0.2) is 41.5 Å². The lowest BCUT2D eigenvalue weighted by Crippen LogP contribution is -2.32. The van der Waals surface area contributed by atoms with Crippen LogP contribution in [0.5, 0.6) is 0 Å². The zero-order valence-corrected chi connectivity index (χ0v) is 15.3. The second kappa shape index (κ2) is 7.15. The molecule has 0 aliphatic rings. The van der Waals surface area contributed by atoms with Crippen LogP contribution >= 0.6 is 11.3 Å².